The monoisotopic (exact) mass is 454 g/mol. The van der Waals surface area contributed by atoms with Gasteiger partial charge in [0.15, 0.2) is 6.10 Å². The fourth-order valence-electron chi connectivity index (χ4n) is 3.61. The Kier molecular flexibility index (Phi) is 9.57. The Bertz CT molecular complexity index is 574. The Morgan fingerprint density at radius 1 is 1.00 bits per heavy atom. The summed E-state index contributed by atoms with van der Waals surface area (Å²) < 4.78 is 21.5. The lowest BCUT2D eigenvalue weighted by atomic mass is 9.98. The van der Waals surface area contributed by atoms with Crippen molar-refractivity contribution in [2.75, 3.05) is 19.8 Å². The van der Waals surface area contributed by atoms with E-state index in [2.05, 4.69) is 0 Å². The molecular weight excluding hydrogens is 420 g/mol. The van der Waals surface area contributed by atoms with E-state index < -0.39 is 80.6 Å². The summed E-state index contributed by atoms with van der Waals surface area (Å²) in [5.41, 5.74) is 0. The van der Waals surface area contributed by atoms with Crippen molar-refractivity contribution in [2.24, 2.45) is 5.92 Å². The molecule has 0 amide bonds. The fourth-order valence-corrected chi connectivity index (χ4v) is 3.61. The van der Waals surface area contributed by atoms with E-state index in [1.165, 1.54) is 0 Å². The second-order valence-corrected chi connectivity index (χ2v) is 8.31. The van der Waals surface area contributed by atoms with Crippen LogP contribution in [0.5, 0.6) is 0 Å². The van der Waals surface area contributed by atoms with Gasteiger partial charge in [0.2, 0.25) is 12.1 Å². The molecule has 2 aliphatic rings. The summed E-state index contributed by atoms with van der Waals surface area (Å²) in [4.78, 5) is 12.3. The highest BCUT2D eigenvalue weighted by molar-refractivity contribution is 5.69. The van der Waals surface area contributed by atoms with Crippen LogP contribution in [0.4, 0.5) is 0 Å². The Morgan fingerprint density at radius 2 is 1.65 bits per heavy atom. The zero-order valence-electron chi connectivity index (χ0n) is 17.6. The molecule has 0 aliphatic carbocycles. The molecule has 0 aromatic rings. The molecule has 2 fully saturated rings. The summed E-state index contributed by atoms with van der Waals surface area (Å²) in [6, 6.07) is 0. The normalized spacial score (nSPS) is 41.0. The minimum Gasteiger partial charge on any atom is -0.454 e. The Morgan fingerprint density at radius 3 is 2.16 bits per heavy atom. The zero-order chi connectivity index (χ0) is 23.3. The first kappa shape index (κ1) is 26.3. The van der Waals surface area contributed by atoms with Crippen molar-refractivity contribution < 1.29 is 59.5 Å². The average Bonchev–Trinajstić information content (AvgIpc) is 2.98. The van der Waals surface area contributed by atoms with E-state index in [4.69, 9.17) is 18.9 Å². The van der Waals surface area contributed by atoms with Gasteiger partial charge < -0.3 is 54.7 Å². The molecule has 0 aromatic heterocycles. The third-order valence-electron chi connectivity index (χ3n) is 5.48. The van der Waals surface area contributed by atoms with Crippen LogP contribution in [0.2, 0.25) is 0 Å². The molecule has 7 N–H and O–H groups in total. The van der Waals surface area contributed by atoms with Crippen molar-refractivity contribution in [2.45, 2.75) is 87.9 Å². The smallest absolute Gasteiger partial charge is 0.306 e. The van der Waals surface area contributed by atoms with Crippen molar-refractivity contribution in [1.82, 2.24) is 0 Å². The molecule has 9 atom stereocenters. The highest BCUT2D eigenvalue weighted by atomic mass is 16.8. The number of rotatable bonds is 10. The van der Waals surface area contributed by atoms with E-state index in [0.717, 1.165) is 6.42 Å². The van der Waals surface area contributed by atoms with Gasteiger partial charge in [0.1, 0.15) is 43.2 Å². The van der Waals surface area contributed by atoms with Crippen LogP contribution < -0.4 is 0 Å². The lowest BCUT2D eigenvalue weighted by Crippen LogP contribution is -2.63. The highest BCUT2D eigenvalue weighted by Gasteiger charge is 2.59. The number of carbonyl (C=O) groups excluding carboxylic acids is 1. The molecule has 0 bridgehead atoms. The van der Waals surface area contributed by atoms with Crippen molar-refractivity contribution in [3.05, 3.63) is 0 Å². The summed E-state index contributed by atoms with van der Waals surface area (Å²) in [5.74, 6) is -2.60. The van der Waals surface area contributed by atoms with Gasteiger partial charge in [0.05, 0.1) is 13.2 Å². The molecule has 12 heteroatoms. The van der Waals surface area contributed by atoms with Gasteiger partial charge in [-0.1, -0.05) is 20.3 Å². The summed E-state index contributed by atoms with van der Waals surface area (Å²) in [6.45, 7) is 1.59. The van der Waals surface area contributed by atoms with E-state index in [1.54, 1.807) is 0 Å². The predicted octanol–water partition coefficient (Wildman–Crippen LogP) is -3.02. The molecule has 0 spiro atoms. The minimum absolute atomic E-state index is 0.0310. The van der Waals surface area contributed by atoms with E-state index in [0.29, 0.717) is 12.3 Å². The first-order chi connectivity index (χ1) is 14.6. The van der Waals surface area contributed by atoms with E-state index in [9.17, 15) is 40.5 Å². The van der Waals surface area contributed by atoms with Crippen LogP contribution in [-0.2, 0) is 23.7 Å². The summed E-state index contributed by atoms with van der Waals surface area (Å²) in [7, 11) is 0. The quantitative estimate of drug-likeness (QED) is 0.165. The molecule has 2 rings (SSSR count). The van der Waals surface area contributed by atoms with Gasteiger partial charge in [0.25, 0.3) is 0 Å². The van der Waals surface area contributed by atoms with Gasteiger partial charge in [-0.3, -0.25) is 4.79 Å². The summed E-state index contributed by atoms with van der Waals surface area (Å²) >= 11 is 0. The first-order valence-corrected chi connectivity index (χ1v) is 10.4. The summed E-state index contributed by atoms with van der Waals surface area (Å²) in [5, 5.41) is 69.5. The lowest BCUT2D eigenvalue weighted by molar-refractivity contribution is -0.384. The van der Waals surface area contributed by atoms with Crippen LogP contribution in [0, 0.1) is 5.92 Å². The van der Waals surface area contributed by atoms with E-state index >= 15 is 0 Å². The van der Waals surface area contributed by atoms with E-state index in [1.807, 2.05) is 13.8 Å². The molecule has 2 heterocycles. The molecule has 12 nitrogen and oxygen atoms in total. The van der Waals surface area contributed by atoms with E-state index in [-0.39, 0.29) is 6.42 Å². The van der Waals surface area contributed by atoms with Crippen LogP contribution >= 0.6 is 0 Å². The molecule has 182 valence electrons. The highest BCUT2D eigenvalue weighted by Crippen LogP contribution is 2.36. The zero-order valence-corrected chi connectivity index (χ0v) is 17.6. The van der Waals surface area contributed by atoms with Crippen molar-refractivity contribution in [1.29, 1.82) is 0 Å². The Hall–Kier alpha value is -0.930. The largest absolute Gasteiger partial charge is 0.454 e. The number of ether oxygens (including phenoxy) is 4. The maximum absolute atomic E-state index is 12.3. The van der Waals surface area contributed by atoms with Gasteiger partial charge in [0, 0.05) is 6.42 Å². The minimum atomic E-state index is -2.28. The van der Waals surface area contributed by atoms with Crippen molar-refractivity contribution in [3.8, 4) is 0 Å². The first-order valence-electron chi connectivity index (χ1n) is 10.4. The maximum atomic E-state index is 12.3. The van der Waals surface area contributed by atoms with Crippen LogP contribution in [0.15, 0.2) is 0 Å². The lowest BCUT2D eigenvalue weighted by Gasteiger charge is -2.44. The molecule has 0 aromatic carbocycles. The van der Waals surface area contributed by atoms with Gasteiger partial charge >= 0.3 is 5.97 Å². The number of esters is 1. The van der Waals surface area contributed by atoms with Gasteiger partial charge in [-0.2, -0.15) is 0 Å². The number of aliphatic hydroxyl groups excluding tert-OH is 7. The fraction of sp³-hybridized carbons (Fsp3) is 0.947. The number of aliphatic hydroxyl groups is 7. The van der Waals surface area contributed by atoms with Gasteiger partial charge in [-0.05, 0) is 12.3 Å². The second-order valence-electron chi connectivity index (χ2n) is 8.31. The van der Waals surface area contributed by atoms with Gasteiger partial charge in [-0.25, -0.2) is 0 Å². The Labute approximate surface area is 179 Å². The molecule has 2 aliphatic heterocycles. The standard InChI is InChI=1S/C19H34O12/c1-9(2)4-3-5-12(23)29-16-15(26)13(24)10(6-20)28-18(16)31-19(8-22)17(27)14(25)11(7-21)30-19/h9-11,13-18,20-22,24-27H,3-8H2,1-2H3/t10-,11-,13-,14-,15+,16-,17+,18-,19+/m1/s1. The SMILES string of the molecule is CC(C)CCCC(=O)O[C@H]1[C@@H](O[C@]2(CO)O[C@H](CO)[C@@H](O)[C@@H]2O)O[C@H](CO)[C@@H](O)[C@@H]1O. The Balaban J connectivity index is 2.20. The molecule has 0 saturated carbocycles. The second kappa shape index (κ2) is 11.3. The van der Waals surface area contributed by atoms with Gasteiger partial charge in [-0.15, -0.1) is 0 Å². The molecule has 0 radical (unpaired) electrons. The van der Waals surface area contributed by atoms with Crippen molar-refractivity contribution >= 4 is 5.97 Å². The molecule has 2 saturated heterocycles. The third-order valence-corrected chi connectivity index (χ3v) is 5.48. The molecule has 0 unspecified atom stereocenters. The maximum Gasteiger partial charge on any atom is 0.306 e. The van der Waals surface area contributed by atoms with Crippen molar-refractivity contribution in [3.63, 3.8) is 0 Å². The third kappa shape index (κ3) is 5.90. The predicted molar refractivity (Wildman–Crippen MR) is 101 cm³/mol. The van der Waals surface area contributed by atoms with Crippen LogP contribution in [0.1, 0.15) is 33.1 Å². The topological polar surface area (TPSA) is 196 Å². The summed E-state index contributed by atoms with van der Waals surface area (Å²) in [6.07, 6.45) is -11.3. The average molecular weight is 454 g/mol. The van der Waals surface area contributed by atoms with Crippen LogP contribution in [0.3, 0.4) is 0 Å². The molecular formula is C19H34O12. The van der Waals surface area contributed by atoms with Crippen LogP contribution in [0.25, 0.3) is 0 Å². The van der Waals surface area contributed by atoms with Crippen LogP contribution in [-0.4, -0.2) is 116 Å². The molecule has 31 heavy (non-hydrogen) atoms. The number of hydrogen-bond acceptors (Lipinski definition) is 12. The number of carbonyl (C=O) groups is 1. The number of hydrogen-bond donors (Lipinski definition) is 7.